The van der Waals surface area contributed by atoms with Crippen LogP contribution in [0.4, 0.5) is 5.13 Å². The minimum absolute atomic E-state index is 0.0998. The third-order valence-electron chi connectivity index (χ3n) is 2.09. The summed E-state index contributed by atoms with van der Waals surface area (Å²) in [4.78, 5) is 15.2. The average molecular weight is 212 g/mol. The Morgan fingerprint density at radius 2 is 2.57 bits per heavy atom. The van der Waals surface area contributed by atoms with E-state index in [1.165, 1.54) is 11.5 Å². The Kier molecular flexibility index (Phi) is 2.62. The van der Waals surface area contributed by atoms with Gasteiger partial charge in [0.05, 0.1) is 6.04 Å². The van der Waals surface area contributed by atoms with Crippen LogP contribution in [0.25, 0.3) is 0 Å². The molecule has 0 spiro atoms. The number of anilines is 1. The molecule has 0 saturated carbocycles. The molecule has 1 saturated heterocycles. The summed E-state index contributed by atoms with van der Waals surface area (Å²) in [6.07, 6.45) is 1.38. The third-order valence-corrected chi connectivity index (χ3v) is 2.77. The fourth-order valence-electron chi connectivity index (χ4n) is 1.34. The summed E-state index contributed by atoms with van der Waals surface area (Å²) < 4.78 is 4.16. The molecule has 0 bridgehead atoms. The molecule has 1 aliphatic rings. The summed E-state index contributed by atoms with van der Waals surface area (Å²) in [5.74, 6) is 0.956. The van der Waals surface area contributed by atoms with E-state index < -0.39 is 0 Å². The number of amides is 1. The summed E-state index contributed by atoms with van der Waals surface area (Å²) in [6, 6.07) is 0.167. The quantitative estimate of drug-likeness (QED) is 0.761. The fraction of sp³-hybridized carbons (Fsp3) is 0.625. The molecule has 1 aromatic heterocycles. The maximum Gasteiger partial charge on any atom is 0.222 e. The molecule has 2 N–H and O–H groups in total. The van der Waals surface area contributed by atoms with Gasteiger partial charge in [0.1, 0.15) is 5.82 Å². The van der Waals surface area contributed by atoms with Crippen molar-refractivity contribution in [3.8, 4) is 0 Å². The summed E-state index contributed by atoms with van der Waals surface area (Å²) in [5, 5.41) is 6.76. The van der Waals surface area contributed by atoms with Gasteiger partial charge >= 0.3 is 0 Å². The van der Waals surface area contributed by atoms with E-state index in [4.69, 9.17) is 0 Å². The molecule has 5 nitrogen and oxygen atoms in total. The molecule has 1 aliphatic heterocycles. The molecule has 6 heteroatoms. The van der Waals surface area contributed by atoms with Crippen LogP contribution in [0.5, 0.6) is 0 Å². The van der Waals surface area contributed by atoms with Gasteiger partial charge in [-0.25, -0.2) is 4.98 Å². The average Bonchev–Trinajstić information content (AvgIpc) is 2.76. The van der Waals surface area contributed by atoms with E-state index in [0.29, 0.717) is 13.0 Å². The zero-order valence-corrected chi connectivity index (χ0v) is 8.73. The Labute approximate surface area is 86.1 Å². The predicted octanol–water partition coefficient (Wildman–Crippen LogP) is 0.401. The molecule has 1 fully saturated rings. The topological polar surface area (TPSA) is 66.9 Å². The highest BCUT2D eigenvalue weighted by atomic mass is 32.1. The van der Waals surface area contributed by atoms with E-state index in [0.717, 1.165) is 17.4 Å². The standard InChI is InChI=1S/C8H12N4OS/c1-2-6-11-8(14-12-6)10-5-3-7(13)9-4-5/h5H,2-4H2,1H3,(H,9,13)(H,10,11,12)/t5-/m0/s1. The second kappa shape index (κ2) is 3.91. The molecule has 0 unspecified atom stereocenters. The molecule has 1 amide bonds. The van der Waals surface area contributed by atoms with Gasteiger partial charge in [0.25, 0.3) is 0 Å². The number of aromatic nitrogens is 2. The highest BCUT2D eigenvalue weighted by Gasteiger charge is 2.21. The van der Waals surface area contributed by atoms with E-state index in [9.17, 15) is 4.79 Å². The summed E-state index contributed by atoms with van der Waals surface area (Å²) >= 11 is 1.35. The Bertz CT molecular complexity index is 338. The number of nitrogens with one attached hydrogen (secondary N) is 2. The smallest absolute Gasteiger partial charge is 0.222 e. The maximum absolute atomic E-state index is 10.9. The van der Waals surface area contributed by atoms with Gasteiger partial charge in [-0.2, -0.15) is 4.37 Å². The molecule has 1 aromatic rings. The summed E-state index contributed by atoms with van der Waals surface area (Å²) in [7, 11) is 0. The van der Waals surface area contributed by atoms with Crippen molar-refractivity contribution in [3.63, 3.8) is 0 Å². The first-order chi connectivity index (χ1) is 6.78. The molecule has 76 valence electrons. The molecule has 0 aromatic carbocycles. The van der Waals surface area contributed by atoms with Crippen molar-refractivity contribution in [1.29, 1.82) is 0 Å². The van der Waals surface area contributed by atoms with Crippen molar-refractivity contribution in [3.05, 3.63) is 5.82 Å². The van der Waals surface area contributed by atoms with Gasteiger partial charge in [-0.15, -0.1) is 0 Å². The monoisotopic (exact) mass is 212 g/mol. The number of nitrogens with zero attached hydrogens (tertiary/aromatic N) is 2. The van der Waals surface area contributed by atoms with Crippen LogP contribution >= 0.6 is 11.5 Å². The van der Waals surface area contributed by atoms with Gasteiger partial charge in [0.2, 0.25) is 11.0 Å². The number of hydrogen-bond donors (Lipinski definition) is 2. The molecule has 1 atom stereocenters. The SMILES string of the molecule is CCc1nsc(N[C@@H]2CNC(=O)C2)n1. The van der Waals surface area contributed by atoms with Crippen molar-refractivity contribution < 1.29 is 4.79 Å². The Balaban J connectivity index is 1.93. The summed E-state index contributed by atoms with van der Waals surface area (Å²) in [6.45, 7) is 2.70. The van der Waals surface area contributed by atoms with Crippen molar-refractivity contribution in [1.82, 2.24) is 14.7 Å². The van der Waals surface area contributed by atoms with Crippen molar-refractivity contribution >= 4 is 22.6 Å². The fourth-order valence-corrected chi connectivity index (χ4v) is 2.07. The third kappa shape index (κ3) is 2.01. The van der Waals surface area contributed by atoms with Crippen molar-refractivity contribution in [2.24, 2.45) is 0 Å². The van der Waals surface area contributed by atoms with Crippen LogP contribution in [0, 0.1) is 0 Å². The molecular formula is C8H12N4OS. The van der Waals surface area contributed by atoms with Crippen LogP contribution in [0.15, 0.2) is 0 Å². The van der Waals surface area contributed by atoms with Crippen molar-refractivity contribution in [2.75, 3.05) is 11.9 Å². The molecule has 2 heterocycles. The van der Waals surface area contributed by atoms with E-state index >= 15 is 0 Å². The maximum atomic E-state index is 10.9. The zero-order valence-electron chi connectivity index (χ0n) is 7.91. The van der Waals surface area contributed by atoms with Gasteiger partial charge < -0.3 is 10.6 Å². The number of hydrogen-bond acceptors (Lipinski definition) is 5. The van der Waals surface area contributed by atoms with Gasteiger partial charge in [0, 0.05) is 30.9 Å². The van der Waals surface area contributed by atoms with Crippen LogP contribution in [0.2, 0.25) is 0 Å². The van der Waals surface area contributed by atoms with E-state index in [1.807, 2.05) is 6.92 Å². The first kappa shape index (κ1) is 9.39. The second-order valence-electron chi connectivity index (χ2n) is 3.22. The molecular weight excluding hydrogens is 200 g/mol. The van der Waals surface area contributed by atoms with Crippen LogP contribution in [-0.2, 0) is 11.2 Å². The lowest BCUT2D eigenvalue weighted by atomic mass is 10.3. The lowest BCUT2D eigenvalue weighted by molar-refractivity contribution is -0.119. The van der Waals surface area contributed by atoms with Crippen LogP contribution in [0.1, 0.15) is 19.2 Å². The Morgan fingerprint density at radius 1 is 1.71 bits per heavy atom. The first-order valence-electron chi connectivity index (χ1n) is 4.63. The van der Waals surface area contributed by atoms with Crippen LogP contribution in [-0.4, -0.2) is 27.9 Å². The predicted molar refractivity (Wildman–Crippen MR) is 54.3 cm³/mol. The van der Waals surface area contributed by atoms with Gasteiger partial charge in [-0.1, -0.05) is 6.92 Å². The van der Waals surface area contributed by atoms with Gasteiger partial charge in [0.15, 0.2) is 0 Å². The van der Waals surface area contributed by atoms with Crippen molar-refractivity contribution in [2.45, 2.75) is 25.8 Å². The van der Waals surface area contributed by atoms with E-state index in [1.54, 1.807) is 0 Å². The zero-order chi connectivity index (χ0) is 9.97. The van der Waals surface area contributed by atoms with Gasteiger partial charge in [-0.3, -0.25) is 4.79 Å². The van der Waals surface area contributed by atoms with E-state index in [-0.39, 0.29) is 11.9 Å². The highest BCUT2D eigenvalue weighted by molar-refractivity contribution is 7.09. The highest BCUT2D eigenvalue weighted by Crippen LogP contribution is 2.14. The van der Waals surface area contributed by atoms with Gasteiger partial charge in [-0.05, 0) is 0 Å². The number of carbonyl (C=O) groups is 1. The molecule has 14 heavy (non-hydrogen) atoms. The largest absolute Gasteiger partial charge is 0.355 e. The first-order valence-corrected chi connectivity index (χ1v) is 5.41. The normalized spacial score (nSPS) is 20.9. The lowest BCUT2D eigenvalue weighted by Crippen LogP contribution is -2.22. The number of aryl methyl sites for hydroxylation is 1. The number of rotatable bonds is 3. The van der Waals surface area contributed by atoms with Crippen LogP contribution in [0.3, 0.4) is 0 Å². The van der Waals surface area contributed by atoms with Crippen LogP contribution < -0.4 is 10.6 Å². The number of carbonyl (C=O) groups excluding carboxylic acids is 1. The summed E-state index contributed by atoms with van der Waals surface area (Å²) in [5.41, 5.74) is 0. The lowest BCUT2D eigenvalue weighted by Gasteiger charge is -2.06. The molecule has 0 radical (unpaired) electrons. The Hall–Kier alpha value is -1.17. The molecule has 0 aliphatic carbocycles. The minimum Gasteiger partial charge on any atom is -0.355 e. The Morgan fingerprint density at radius 3 is 3.14 bits per heavy atom. The van der Waals surface area contributed by atoms with E-state index in [2.05, 4.69) is 20.0 Å². The second-order valence-corrected chi connectivity index (χ2v) is 3.97. The minimum atomic E-state index is 0.0998. The molecule has 2 rings (SSSR count).